The molecule has 146 valence electrons. The molecule has 1 aromatic heterocycles. The number of carbonyl (C=O) groups excluding carboxylic acids is 1. The zero-order chi connectivity index (χ0) is 25.1. The maximum absolute atomic E-state index is 12.2. The molecular formula is C22H25N3O2S. The zero-order valence-corrected chi connectivity index (χ0v) is 15.9. The number of benzene rings is 2. The molecule has 0 saturated carbocycles. The van der Waals surface area contributed by atoms with Crippen LogP contribution in [0.5, 0.6) is 0 Å². The Kier molecular flexibility index (Phi) is 4.82. The summed E-state index contributed by atoms with van der Waals surface area (Å²) in [5.74, 6) is -0.416. The molecule has 4 N–H and O–H groups in total. The third kappa shape index (κ3) is 6.18. The Morgan fingerprint density at radius 1 is 1.29 bits per heavy atom. The van der Waals surface area contributed by atoms with Crippen LogP contribution in [0.1, 0.15) is 50.3 Å². The highest BCUT2D eigenvalue weighted by Crippen LogP contribution is 2.20. The number of aromatic nitrogens is 1. The molecule has 0 spiro atoms. The van der Waals surface area contributed by atoms with Gasteiger partial charge in [-0.25, -0.2) is 4.98 Å². The molecule has 0 bridgehead atoms. The van der Waals surface area contributed by atoms with Crippen molar-refractivity contribution in [2.75, 3.05) is 11.1 Å². The number of thiazole rings is 1. The Hall–Kier alpha value is -2.70. The molecule has 2 aromatic carbocycles. The van der Waals surface area contributed by atoms with Crippen molar-refractivity contribution < 1.29 is 18.1 Å². The molecule has 1 atom stereocenters. The van der Waals surface area contributed by atoms with Crippen molar-refractivity contribution in [3.05, 3.63) is 76.8 Å². The summed E-state index contributed by atoms with van der Waals surface area (Å²) in [6, 6.07) is 13.9. The molecule has 0 unspecified atom stereocenters. The second-order valence-corrected chi connectivity index (χ2v) is 6.84. The van der Waals surface area contributed by atoms with E-state index in [0.29, 0.717) is 11.3 Å². The Morgan fingerprint density at radius 2 is 2.04 bits per heavy atom. The summed E-state index contributed by atoms with van der Waals surface area (Å²) in [6.07, 6.45) is -7.65. The number of rotatable bonds is 9. The van der Waals surface area contributed by atoms with Gasteiger partial charge >= 0.3 is 0 Å². The SMILES string of the molecule is [2H]c1sc(N)nc1CC(=O)Nc1ccc(C([2H])([2H])C([2H])([2H])CC[C@]([2H])(O)c2ccccc2)cc1. The summed E-state index contributed by atoms with van der Waals surface area (Å²) < 4.78 is 49.3. The van der Waals surface area contributed by atoms with Crippen LogP contribution in [-0.2, 0) is 17.6 Å². The number of carbonyl (C=O) groups is 1. The normalized spacial score (nSPS) is 17.2. The number of hydrogen-bond acceptors (Lipinski definition) is 5. The average Bonchev–Trinajstić information content (AvgIpc) is 3.09. The highest BCUT2D eigenvalue weighted by Gasteiger charge is 2.08. The molecule has 1 amide bonds. The highest BCUT2D eigenvalue weighted by atomic mass is 32.1. The lowest BCUT2D eigenvalue weighted by Crippen LogP contribution is -2.14. The first kappa shape index (κ1) is 13.5. The number of nitrogen functional groups attached to an aromatic ring is 1. The van der Waals surface area contributed by atoms with Crippen LogP contribution in [0, 0.1) is 0 Å². The van der Waals surface area contributed by atoms with E-state index in [-0.39, 0.29) is 41.0 Å². The first-order valence-corrected chi connectivity index (χ1v) is 9.53. The Labute approximate surface area is 177 Å². The smallest absolute Gasteiger partial charge is 0.230 e. The van der Waals surface area contributed by atoms with Crippen LogP contribution in [-0.4, -0.2) is 16.0 Å². The fourth-order valence-corrected chi connectivity index (χ4v) is 2.98. The minimum absolute atomic E-state index is 0.0597. The van der Waals surface area contributed by atoms with E-state index in [1.54, 1.807) is 30.3 Å². The van der Waals surface area contributed by atoms with Crippen LogP contribution >= 0.6 is 11.3 Å². The molecule has 28 heavy (non-hydrogen) atoms. The molecule has 0 saturated heterocycles. The number of anilines is 2. The van der Waals surface area contributed by atoms with E-state index in [1.807, 2.05) is 0 Å². The molecule has 5 nitrogen and oxygen atoms in total. The topological polar surface area (TPSA) is 88.2 Å². The molecule has 0 radical (unpaired) electrons. The predicted octanol–water partition coefficient (Wildman–Crippen LogP) is 4.35. The number of aliphatic hydroxyl groups is 1. The van der Waals surface area contributed by atoms with Crippen LogP contribution in [0.4, 0.5) is 10.8 Å². The van der Waals surface area contributed by atoms with E-state index in [1.165, 1.54) is 24.3 Å². The van der Waals surface area contributed by atoms with Gasteiger partial charge in [-0.05, 0) is 42.4 Å². The van der Waals surface area contributed by atoms with Gasteiger partial charge in [-0.2, -0.15) is 0 Å². The van der Waals surface area contributed by atoms with E-state index in [0.717, 1.165) is 11.3 Å². The van der Waals surface area contributed by atoms with E-state index in [2.05, 4.69) is 10.3 Å². The van der Waals surface area contributed by atoms with Crippen molar-refractivity contribution in [2.24, 2.45) is 0 Å². The third-order valence-corrected chi connectivity index (χ3v) is 4.48. The van der Waals surface area contributed by atoms with E-state index in [4.69, 9.17) is 14.0 Å². The van der Waals surface area contributed by atoms with Crippen LogP contribution in [0.3, 0.4) is 0 Å². The molecule has 0 aliphatic rings. The standard InChI is InChI=1S/C22H25N3O2S/c23-22-25-19(15-28-22)14-21(27)24-18-12-10-16(11-13-18)6-4-5-9-20(26)17-7-2-1-3-8-17/h1-3,7-8,10-13,15,20,26H,4-6,9,14H2,(H2,23,25)(H,24,27)/t20-/m0/s1/i4D2,6D2,15D,20D. The number of aryl methyl sites for hydroxylation is 1. The third-order valence-electron chi connectivity index (χ3n) is 3.84. The Balaban J connectivity index is 1.65. The predicted molar refractivity (Wildman–Crippen MR) is 114 cm³/mol. The number of amides is 1. The molecular weight excluding hydrogens is 370 g/mol. The van der Waals surface area contributed by atoms with Crippen LogP contribution < -0.4 is 11.1 Å². The van der Waals surface area contributed by atoms with Gasteiger partial charge in [-0.15, -0.1) is 11.3 Å². The number of nitrogens with zero attached hydrogens (tertiary/aromatic N) is 1. The Morgan fingerprint density at radius 3 is 2.71 bits per heavy atom. The van der Waals surface area contributed by atoms with Crippen LogP contribution in [0.25, 0.3) is 0 Å². The quantitative estimate of drug-likeness (QED) is 0.497. The summed E-state index contributed by atoms with van der Waals surface area (Å²) in [5, 5.41) is 13.4. The molecule has 0 aliphatic heterocycles. The number of hydrogen-bond donors (Lipinski definition) is 3. The number of nitrogens with one attached hydrogen (secondary N) is 1. The first-order chi connectivity index (χ1) is 15.8. The molecule has 0 aliphatic carbocycles. The molecule has 6 heteroatoms. The second-order valence-electron chi connectivity index (χ2n) is 6.02. The summed E-state index contributed by atoms with van der Waals surface area (Å²) in [7, 11) is 0. The van der Waals surface area contributed by atoms with Crippen molar-refractivity contribution in [3.63, 3.8) is 0 Å². The second kappa shape index (κ2) is 10.0. The van der Waals surface area contributed by atoms with Gasteiger partial charge < -0.3 is 16.2 Å². The van der Waals surface area contributed by atoms with Gasteiger partial charge in [0, 0.05) is 16.5 Å². The van der Waals surface area contributed by atoms with E-state index in [9.17, 15) is 9.90 Å². The van der Waals surface area contributed by atoms with Gasteiger partial charge in [-0.3, -0.25) is 4.79 Å². The van der Waals surface area contributed by atoms with Gasteiger partial charge in [0.1, 0.15) is 0 Å². The highest BCUT2D eigenvalue weighted by molar-refractivity contribution is 7.13. The monoisotopic (exact) mass is 401 g/mol. The summed E-state index contributed by atoms with van der Waals surface area (Å²) in [6.45, 7) is 0. The van der Waals surface area contributed by atoms with Crippen molar-refractivity contribution >= 4 is 28.1 Å². The maximum Gasteiger partial charge on any atom is 0.230 e. The van der Waals surface area contributed by atoms with E-state index >= 15 is 0 Å². The molecule has 3 aromatic rings. The van der Waals surface area contributed by atoms with Crippen LogP contribution in [0.15, 0.2) is 60.0 Å². The molecule has 1 heterocycles. The van der Waals surface area contributed by atoms with Gasteiger partial charge in [0.2, 0.25) is 5.91 Å². The van der Waals surface area contributed by atoms with Crippen molar-refractivity contribution in [1.82, 2.24) is 4.98 Å². The summed E-state index contributed by atoms with van der Waals surface area (Å²) in [4.78, 5) is 16.2. The van der Waals surface area contributed by atoms with Gasteiger partial charge in [-0.1, -0.05) is 48.9 Å². The number of nitrogens with two attached hydrogens (primary N) is 1. The molecule has 3 rings (SSSR count). The first-order valence-electron chi connectivity index (χ1n) is 11.7. The molecule has 0 fully saturated rings. The fraction of sp³-hybridized carbons (Fsp3) is 0.273. The van der Waals surface area contributed by atoms with Crippen molar-refractivity contribution in [2.45, 2.75) is 38.1 Å². The lowest BCUT2D eigenvalue weighted by atomic mass is 10.0. The van der Waals surface area contributed by atoms with Gasteiger partial charge in [0.05, 0.1) is 20.9 Å². The minimum atomic E-state index is -2.42. The largest absolute Gasteiger partial charge is 0.388 e. The lowest BCUT2D eigenvalue weighted by Gasteiger charge is -2.10. The zero-order valence-electron chi connectivity index (χ0n) is 21.1. The van der Waals surface area contributed by atoms with Gasteiger partial charge in [0.15, 0.2) is 5.13 Å². The van der Waals surface area contributed by atoms with E-state index < -0.39 is 24.7 Å². The fourth-order valence-electron chi connectivity index (χ4n) is 2.48. The van der Waals surface area contributed by atoms with Crippen molar-refractivity contribution in [1.29, 1.82) is 0 Å². The minimum Gasteiger partial charge on any atom is -0.388 e. The average molecular weight is 402 g/mol. The maximum atomic E-state index is 12.2. The van der Waals surface area contributed by atoms with Gasteiger partial charge in [0.25, 0.3) is 0 Å². The summed E-state index contributed by atoms with van der Waals surface area (Å²) in [5.41, 5.74) is 6.56. The van der Waals surface area contributed by atoms with Crippen molar-refractivity contribution in [3.8, 4) is 0 Å². The lowest BCUT2D eigenvalue weighted by molar-refractivity contribution is -0.115. The van der Waals surface area contributed by atoms with Crippen LogP contribution in [0.2, 0.25) is 0 Å². The summed E-state index contributed by atoms with van der Waals surface area (Å²) >= 11 is 0.977. The Bertz CT molecular complexity index is 1140.